The van der Waals surface area contributed by atoms with E-state index in [0.717, 1.165) is 0 Å². The van der Waals surface area contributed by atoms with Gasteiger partial charge in [-0.1, -0.05) is 5.21 Å². The van der Waals surface area contributed by atoms with Gasteiger partial charge >= 0.3 is 6.18 Å². The molecule has 0 unspecified atom stereocenters. The van der Waals surface area contributed by atoms with Crippen molar-refractivity contribution in [3.63, 3.8) is 0 Å². The summed E-state index contributed by atoms with van der Waals surface area (Å²) in [5, 5.41) is 6.47. The molecule has 20 heavy (non-hydrogen) atoms. The van der Waals surface area contributed by atoms with Crippen molar-refractivity contribution < 1.29 is 22.8 Å². The maximum atomic E-state index is 12.9. The van der Waals surface area contributed by atoms with E-state index in [1.807, 2.05) is 0 Å². The number of aromatic nitrogens is 3. The molecule has 9 heteroatoms. The highest BCUT2D eigenvalue weighted by Gasteiger charge is 2.39. The Balaban J connectivity index is 2.55. The van der Waals surface area contributed by atoms with E-state index >= 15 is 0 Å². The minimum Gasteiger partial charge on any atom is -0.366 e. The molecule has 0 saturated heterocycles. The van der Waals surface area contributed by atoms with E-state index in [2.05, 4.69) is 10.3 Å². The fraction of sp³-hybridized carbons (Fsp3) is 0.0909. The molecule has 1 heterocycles. The van der Waals surface area contributed by atoms with Crippen LogP contribution in [0.15, 0.2) is 24.3 Å². The molecule has 1 amide bonds. The zero-order valence-electron chi connectivity index (χ0n) is 9.76. The number of hydrogen-bond acceptors (Lipinski definition) is 4. The number of nitrogens with two attached hydrogens (primary N) is 1. The molecule has 0 atom stereocenters. The van der Waals surface area contributed by atoms with Crippen LogP contribution in [0.1, 0.15) is 26.5 Å². The number of primary amides is 1. The number of halogens is 3. The average molecular weight is 284 g/mol. The van der Waals surface area contributed by atoms with Crippen LogP contribution in [0.4, 0.5) is 13.2 Å². The Morgan fingerprint density at radius 3 is 2.30 bits per heavy atom. The van der Waals surface area contributed by atoms with Gasteiger partial charge in [0.25, 0.3) is 0 Å². The van der Waals surface area contributed by atoms with Crippen LogP contribution in [0.5, 0.6) is 0 Å². The molecule has 1 aromatic carbocycles. The molecule has 2 aromatic rings. The van der Waals surface area contributed by atoms with E-state index in [4.69, 9.17) is 5.73 Å². The zero-order valence-corrected chi connectivity index (χ0v) is 9.76. The number of alkyl halides is 3. The molecule has 0 fully saturated rings. The molecule has 0 radical (unpaired) electrons. The van der Waals surface area contributed by atoms with Gasteiger partial charge in [0.1, 0.15) is 0 Å². The van der Waals surface area contributed by atoms with Crippen molar-refractivity contribution in [3.05, 3.63) is 41.2 Å². The van der Waals surface area contributed by atoms with Crippen molar-refractivity contribution >= 4 is 12.2 Å². The molecule has 2 N–H and O–H groups in total. The minimum absolute atomic E-state index is 0.00271. The SMILES string of the molecule is NC(=O)c1ccc(-n2nnc(C=O)c2C(F)(F)F)cc1. The van der Waals surface area contributed by atoms with Crippen molar-refractivity contribution in [2.24, 2.45) is 5.73 Å². The molecule has 0 spiro atoms. The van der Waals surface area contributed by atoms with E-state index in [0.29, 0.717) is 4.68 Å². The number of carbonyl (C=O) groups is 2. The minimum atomic E-state index is -4.79. The molecule has 0 aliphatic heterocycles. The Morgan fingerprint density at radius 1 is 1.25 bits per heavy atom. The van der Waals surface area contributed by atoms with Gasteiger partial charge in [-0.25, -0.2) is 4.68 Å². The second-order valence-electron chi connectivity index (χ2n) is 3.76. The van der Waals surface area contributed by atoms with Crippen molar-refractivity contribution in [1.29, 1.82) is 0 Å². The summed E-state index contributed by atoms with van der Waals surface area (Å²) in [6.45, 7) is 0. The lowest BCUT2D eigenvalue weighted by Crippen LogP contribution is -2.16. The molecule has 6 nitrogen and oxygen atoms in total. The highest BCUT2D eigenvalue weighted by Crippen LogP contribution is 2.32. The number of benzene rings is 1. The van der Waals surface area contributed by atoms with Gasteiger partial charge in [-0.05, 0) is 24.3 Å². The Bertz CT molecular complexity index is 661. The van der Waals surface area contributed by atoms with E-state index in [1.54, 1.807) is 0 Å². The zero-order chi connectivity index (χ0) is 14.9. The predicted octanol–water partition coefficient (Wildman–Crippen LogP) is 1.20. The molecular weight excluding hydrogens is 277 g/mol. The van der Waals surface area contributed by atoms with Crippen LogP contribution in [-0.2, 0) is 6.18 Å². The van der Waals surface area contributed by atoms with Crippen LogP contribution < -0.4 is 5.73 Å². The monoisotopic (exact) mass is 284 g/mol. The van der Waals surface area contributed by atoms with Gasteiger partial charge < -0.3 is 5.73 Å². The van der Waals surface area contributed by atoms with E-state index in [9.17, 15) is 22.8 Å². The summed E-state index contributed by atoms with van der Waals surface area (Å²) in [6.07, 6.45) is -4.81. The van der Waals surface area contributed by atoms with Gasteiger partial charge in [0.2, 0.25) is 5.91 Å². The molecule has 2 rings (SSSR count). The molecule has 0 aliphatic carbocycles. The number of amides is 1. The number of hydrogen-bond donors (Lipinski definition) is 1. The highest BCUT2D eigenvalue weighted by molar-refractivity contribution is 5.92. The highest BCUT2D eigenvalue weighted by atomic mass is 19.4. The van der Waals surface area contributed by atoms with Gasteiger partial charge in [0.05, 0.1) is 5.69 Å². The summed E-state index contributed by atoms with van der Waals surface area (Å²) < 4.78 is 39.1. The second-order valence-corrected chi connectivity index (χ2v) is 3.76. The van der Waals surface area contributed by atoms with Crippen LogP contribution in [0.3, 0.4) is 0 Å². The molecule has 1 aromatic heterocycles. The fourth-order valence-corrected chi connectivity index (χ4v) is 1.59. The number of nitrogens with zero attached hydrogens (tertiary/aromatic N) is 3. The lowest BCUT2D eigenvalue weighted by Gasteiger charge is -2.09. The lowest BCUT2D eigenvalue weighted by molar-refractivity contribution is -0.143. The summed E-state index contributed by atoms with van der Waals surface area (Å²) in [4.78, 5) is 21.5. The normalized spacial score (nSPS) is 11.3. The van der Waals surface area contributed by atoms with Crippen molar-refractivity contribution in [2.75, 3.05) is 0 Å². The first-order valence-corrected chi connectivity index (χ1v) is 5.23. The van der Waals surface area contributed by atoms with Gasteiger partial charge in [-0.15, -0.1) is 5.10 Å². The summed E-state index contributed by atoms with van der Waals surface area (Å²) in [5.74, 6) is -0.709. The largest absolute Gasteiger partial charge is 0.435 e. The smallest absolute Gasteiger partial charge is 0.366 e. The van der Waals surface area contributed by atoms with Gasteiger partial charge in [-0.3, -0.25) is 9.59 Å². The van der Waals surface area contributed by atoms with Crippen molar-refractivity contribution in [2.45, 2.75) is 6.18 Å². The first-order chi connectivity index (χ1) is 9.34. The van der Waals surface area contributed by atoms with Crippen LogP contribution in [0, 0.1) is 0 Å². The Morgan fingerprint density at radius 2 is 1.85 bits per heavy atom. The van der Waals surface area contributed by atoms with Crippen LogP contribution in [-0.4, -0.2) is 27.2 Å². The van der Waals surface area contributed by atoms with Gasteiger partial charge in [0.15, 0.2) is 17.7 Å². The summed E-state index contributed by atoms with van der Waals surface area (Å²) in [7, 11) is 0. The predicted molar refractivity (Wildman–Crippen MR) is 60.3 cm³/mol. The van der Waals surface area contributed by atoms with Crippen LogP contribution in [0.25, 0.3) is 5.69 Å². The topological polar surface area (TPSA) is 90.9 Å². The fourth-order valence-electron chi connectivity index (χ4n) is 1.59. The summed E-state index contributed by atoms with van der Waals surface area (Å²) in [6, 6.07) is 4.94. The number of rotatable bonds is 3. The standard InChI is InChI=1S/C11H7F3N4O2/c12-11(13,14)9-8(5-19)16-17-18(9)7-3-1-6(2-4-7)10(15)20/h1-5H,(H2,15,20). The number of carbonyl (C=O) groups excluding carboxylic acids is 2. The molecule has 0 saturated carbocycles. The van der Waals surface area contributed by atoms with Crippen molar-refractivity contribution in [3.8, 4) is 5.69 Å². The number of aldehydes is 1. The van der Waals surface area contributed by atoms with E-state index in [1.165, 1.54) is 24.3 Å². The van der Waals surface area contributed by atoms with Crippen LogP contribution >= 0.6 is 0 Å². The Hall–Kier alpha value is -2.71. The van der Waals surface area contributed by atoms with Crippen molar-refractivity contribution in [1.82, 2.24) is 15.0 Å². The summed E-state index contributed by atoms with van der Waals surface area (Å²) >= 11 is 0. The van der Waals surface area contributed by atoms with E-state index < -0.39 is 23.5 Å². The van der Waals surface area contributed by atoms with Gasteiger partial charge in [-0.2, -0.15) is 13.2 Å². The first kappa shape index (κ1) is 13.7. The summed E-state index contributed by atoms with van der Waals surface area (Å²) in [5.41, 5.74) is 3.08. The van der Waals surface area contributed by atoms with Gasteiger partial charge in [0, 0.05) is 5.56 Å². The lowest BCUT2D eigenvalue weighted by atomic mass is 10.2. The average Bonchev–Trinajstić information content (AvgIpc) is 2.82. The molecule has 0 aliphatic rings. The third-order valence-corrected chi connectivity index (χ3v) is 2.47. The maximum Gasteiger partial charge on any atom is 0.435 e. The molecule has 104 valence electrons. The van der Waals surface area contributed by atoms with Crippen LogP contribution in [0.2, 0.25) is 0 Å². The molecule has 0 bridgehead atoms. The Kier molecular flexibility index (Phi) is 3.26. The first-order valence-electron chi connectivity index (χ1n) is 5.23. The Labute approximate surface area is 110 Å². The quantitative estimate of drug-likeness (QED) is 0.857. The maximum absolute atomic E-state index is 12.9. The second kappa shape index (κ2) is 4.76. The van der Waals surface area contributed by atoms with E-state index in [-0.39, 0.29) is 17.5 Å². The molecular formula is C11H7F3N4O2. The third kappa shape index (κ3) is 2.37. The third-order valence-electron chi connectivity index (χ3n) is 2.47.